The largest absolute Gasteiger partial charge is 0.494 e. The molecule has 0 atom stereocenters. The number of hydrogen-bond donors (Lipinski definition) is 0. The molecule has 2 aromatic heterocycles. The lowest BCUT2D eigenvalue weighted by Crippen LogP contribution is -2.05. The molecule has 0 bridgehead atoms. The average Bonchev–Trinajstić information content (AvgIpc) is 3.53. The highest BCUT2D eigenvalue weighted by Gasteiger charge is 2.19. The fourth-order valence-corrected chi connectivity index (χ4v) is 4.44. The van der Waals surface area contributed by atoms with Gasteiger partial charge in [-0.25, -0.2) is 0 Å². The van der Waals surface area contributed by atoms with Crippen molar-refractivity contribution < 1.29 is 13.9 Å². The Labute approximate surface area is 195 Å². The van der Waals surface area contributed by atoms with Gasteiger partial charge in [0, 0.05) is 5.56 Å². The molecule has 5 aromatic rings. The highest BCUT2D eigenvalue weighted by atomic mass is 32.2. The van der Waals surface area contributed by atoms with Gasteiger partial charge in [0.05, 0.1) is 24.3 Å². The molecule has 164 valence electrons. The summed E-state index contributed by atoms with van der Waals surface area (Å²) in [4.78, 5) is 12.9. The number of aromatic nitrogens is 3. The first-order valence-electron chi connectivity index (χ1n) is 10.6. The van der Waals surface area contributed by atoms with Crippen molar-refractivity contribution in [1.82, 2.24) is 14.8 Å². The van der Waals surface area contributed by atoms with Gasteiger partial charge in [0.2, 0.25) is 5.82 Å². The number of carbonyl (C=O) groups excluding carboxylic acids is 1. The molecule has 0 N–H and O–H groups in total. The number of ether oxygens (including phenoxy) is 1. The highest BCUT2D eigenvalue weighted by Crippen LogP contribution is 2.29. The minimum Gasteiger partial charge on any atom is -0.494 e. The van der Waals surface area contributed by atoms with Gasteiger partial charge >= 0.3 is 0 Å². The molecule has 0 aliphatic heterocycles. The molecule has 0 fully saturated rings. The van der Waals surface area contributed by atoms with Crippen LogP contribution in [0, 0.1) is 0 Å². The molecule has 0 amide bonds. The zero-order valence-electron chi connectivity index (χ0n) is 18.0. The second-order valence-electron chi connectivity index (χ2n) is 7.32. The van der Waals surface area contributed by atoms with Crippen LogP contribution < -0.4 is 4.74 Å². The summed E-state index contributed by atoms with van der Waals surface area (Å²) in [7, 11) is 0. The molecule has 6 nitrogen and oxygen atoms in total. The Morgan fingerprint density at radius 2 is 1.79 bits per heavy atom. The van der Waals surface area contributed by atoms with Gasteiger partial charge in [-0.15, -0.1) is 10.2 Å². The third kappa shape index (κ3) is 4.40. The van der Waals surface area contributed by atoms with E-state index in [1.807, 2.05) is 90.4 Å². The number of furan rings is 1. The summed E-state index contributed by atoms with van der Waals surface area (Å²) >= 11 is 1.35. The first-order chi connectivity index (χ1) is 16.2. The van der Waals surface area contributed by atoms with E-state index in [1.165, 1.54) is 11.8 Å². The van der Waals surface area contributed by atoms with Crippen LogP contribution in [0.15, 0.2) is 94.7 Å². The summed E-state index contributed by atoms with van der Waals surface area (Å²) in [6.45, 7) is 2.55. The van der Waals surface area contributed by atoms with Crippen LogP contribution in [0.3, 0.4) is 0 Å². The average molecular weight is 456 g/mol. The molecule has 0 saturated carbocycles. The van der Waals surface area contributed by atoms with Crippen molar-refractivity contribution in [2.45, 2.75) is 12.1 Å². The minimum atomic E-state index is 0.0338. The second kappa shape index (κ2) is 9.34. The fourth-order valence-electron chi connectivity index (χ4n) is 3.60. The highest BCUT2D eigenvalue weighted by molar-refractivity contribution is 7.99. The van der Waals surface area contributed by atoms with Crippen LogP contribution >= 0.6 is 11.8 Å². The van der Waals surface area contributed by atoms with Gasteiger partial charge in [-0.3, -0.25) is 9.36 Å². The molecule has 7 heteroatoms. The summed E-state index contributed by atoms with van der Waals surface area (Å²) < 4.78 is 13.0. The lowest BCUT2D eigenvalue weighted by molar-refractivity contribution is 0.102. The van der Waals surface area contributed by atoms with Crippen LogP contribution in [0.5, 0.6) is 5.75 Å². The summed E-state index contributed by atoms with van der Waals surface area (Å²) in [6.07, 6.45) is 1.60. The van der Waals surface area contributed by atoms with Gasteiger partial charge in [-0.05, 0) is 60.2 Å². The Balaban J connectivity index is 1.43. The standard InChI is InChI=1S/C26H21N3O3S/c1-2-31-22-13-11-21(12-14-22)29-25(24-8-5-15-32-24)27-28-26(29)33-17-23(30)20-10-9-18-6-3-4-7-19(18)16-20/h3-16H,2,17H2,1H3. The zero-order valence-corrected chi connectivity index (χ0v) is 18.8. The van der Waals surface area contributed by atoms with Crippen molar-refractivity contribution in [3.8, 4) is 23.0 Å². The van der Waals surface area contributed by atoms with E-state index >= 15 is 0 Å². The number of hydrogen-bond acceptors (Lipinski definition) is 6. The number of nitrogens with zero attached hydrogens (tertiary/aromatic N) is 3. The van der Waals surface area contributed by atoms with E-state index in [9.17, 15) is 4.79 Å². The maximum atomic E-state index is 12.9. The van der Waals surface area contributed by atoms with E-state index in [4.69, 9.17) is 9.15 Å². The Hall–Kier alpha value is -3.84. The minimum absolute atomic E-state index is 0.0338. The summed E-state index contributed by atoms with van der Waals surface area (Å²) in [5.74, 6) is 2.24. The SMILES string of the molecule is CCOc1ccc(-n2c(SCC(=O)c3ccc4ccccc4c3)nnc2-c2ccco2)cc1. The van der Waals surface area contributed by atoms with Gasteiger partial charge in [0.15, 0.2) is 16.7 Å². The third-order valence-corrected chi connectivity index (χ3v) is 6.11. The van der Waals surface area contributed by atoms with E-state index in [2.05, 4.69) is 10.2 Å². The lowest BCUT2D eigenvalue weighted by atomic mass is 10.1. The van der Waals surface area contributed by atoms with Crippen LogP contribution in [0.1, 0.15) is 17.3 Å². The predicted octanol–water partition coefficient (Wildman–Crippen LogP) is 6.05. The van der Waals surface area contributed by atoms with Crippen LogP contribution in [-0.2, 0) is 0 Å². The summed E-state index contributed by atoms with van der Waals surface area (Å²) in [6, 6.07) is 25.1. The number of Topliss-reactive ketones (excluding diaryl/α,β-unsaturated/α-hetero) is 1. The summed E-state index contributed by atoms with van der Waals surface area (Å²) in [5, 5.41) is 11.5. The molecule has 0 aliphatic carbocycles. The Bertz CT molecular complexity index is 1390. The molecule has 0 aliphatic rings. The van der Waals surface area contributed by atoms with Crippen molar-refractivity contribution in [3.05, 3.63) is 90.7 Å². The predicted molar refractivity (Wildman–Crippen MR) is 129 cm³/mol. The maximum absolute atomic E-state index is 12.9. The molecule has 0 spiro atoms. The number of rotatable bonds is 8. The quantitative estimate of drug-likeness (QED) is 0.209. The summed E-state index contributed by atoms with van der Waals surface area (Å²) in [5.41, 5.74) is 1.54. The normalized spacial score (nSPS) is 11.1. The Kier molecular flexibility index (Phi) is 5.95. The fraction of sp³-hybridized carbons (Fsp3) is 0.115. The van der Waals surface area contributed by atoms with Crippen molar-refractivity contribution >= 4 is 28.3 Å². The van der Waals surface area contributed by atoms with Gasteiger partial charge in [-0.2, -0.15) is 0 Å². The molecule has 2 heterocycles. The van der Waals surface area contributed by atoms with Gasteiger partial charge in [-0.1, -0.05) is 48.2 Å². The lowest BCUT2D eigenvalue weighted by Gasteiger charge is -2.10. The number of thioether (sulfide) groups is 1. The number of carbonyl (C=O) groups is 1. The Morgan fingerprint density at radius 1 is 0.970 bits per heavy atom. The smallest absolute Gasteiger partial charge is 0.205 e. The molecule has 0 radical (unpaired) electrons. The van der Waals surface area contributed by atoms with E-state index in [1.54, 1.807) is 6.26 Å². The van der Waals surface area contributed by atoms with E-state index in [-0.39, 0.29) is 11.5 Å². The second-order valence-corrected chi connectivity index (χ2v) is 8.26. The van der Waals surface area contributed by atoms with E-state index in [0.717, 1.165) is 22.2 Å². The third-order valence-electron chi connectivity index (χ3n) is 5.18. The molecule has 3 aromatic carbocycles. The van der Waals surface area contributed by atoms with Crippen LogP contribution in [0.25, 0.3) is 28.0 Å². The topological polar surface area (TPSA) is 70.2 Å². The van der Waals surface area contributed by atoms with Gasteiger partial charge < -0.3 is 9.15 Å². The first kappa shape index (κ1) is 21.0. The van der Waals surface area contributed by atoms with Crippen molar-refractivity contribution in [2.24, 2.45) is 0 Å². The number of benzene rings is 3. The van der Waals surface area contributed by atoms with Crippen molar-refractivity contribution in [2.75, 3.05) is 12.4 Å². The van der Waals surface area contributed by atoms with Crippen LogP contribution in [0.4, 0.5) is 0 Å². The number of fused-ring (bicyclic) bond motifs is 1. The van der Waals surface area contributed by atoms with E-state index < -0.39 is 0 Å². The van der Waals surface area contributed by atoms with Gasteiger partial charge in [0.1, 0.15) is 5.75 Å². The first-order valence-corrected chi connectivity index (χ1v) is 11.6. The van der Waals surface area contributed by atoms with Crippen molar-refractivity contribution in [3.63, 3.8) is 0 Å². The molecular weight excluding hydrogens is 434 g/mol. The number of ketones is 1. The Morgan fingerprint density at radius 3 is 2.55 bits per heavy atom. The van der Waals surface area contributed by atoms with Crippen LogP contribution in [0.2, 0.25) is 0 Å². The zero-order chi connectivity index (χ0) is 22.6. The molecule has 33 heavy (non-hydrogen) atoms. The monoisotopic (exact) mass is 455 g/mol. The maximum Gasteiger partial charge on any atom is 0.205 e. The molecule has 0 saturated heterocycles. The molecule has 0 unspecified atom stereocenters. The van der Waals surface area contributed by atoms with Gasteiger partial charge in [0.25, 0.3) is 0 Å². The van der Waals surface area contributed by atoms with Crippen molar-refractivity contribution in [1.29, 1.82) is 0 Å². The van der Waals surface area contributed by atoms with E-state index in [0.29, 0.717) is 28.9 Å². The molecule has 5 rings (SSSR count). The van der Waals surface area contributed by atoms with Crippen LogP contribution in [-0.4, -0.2) is 32.9 Å². The molecular formula is C26H21N3O3S.